The Hall–Kier alpha value is -5.42. The summed E-state index contributed by atoms with van der Waals surface area (Å²) in [6.45, 7) is 0. The number of benzene rings is 5. The summed E-state index contributed by atoms with van der Waals surface area (Å²) in [4.78, 5) is 19.1. The molecule has 0 saturated carbocycles. The second-order valence-electron chi connectivity index (χ2n) is 9.18. The summed E-state index contributed by atoms with van der Waals surface area (Å²) in [5, 5.41) is 0. The Bertz CT molecular complexity index is 1810. The van der Waals surface area contributed by atoms with Crippen molar-refractivity contribution in [3.8, 4) is 56.7 Å². The SMILES string of the molecule is c1ccc(-c2nc(-c3ccccc3)nc(-c3ccc(-c4cccc(-c5nc6ccccc6o5)c4)cc3)n2)cc1. The average molecular weight is 503 g/mol. The van der Waals surface area contributed by atoms with Crippen molar-refractivity contribution in [3.05, 3.63) is 133 Å². The van der Waals surface area contributed by atoms with E-state index >= 15 is 0 Å². The van der Waals surface area contributed by atoms with Crippen molar-refractivity contribution in [1.29, 1.82) is 0 Å². The highest BCUT2D eigenvalue weighted by atomic mass is 16.3. The highest BCUT2D eigenvalue weighted by Gasteiger charge is 2.13. The highest BCUT2D eigenvalue weighted by Crippen LogP contribution is 2.30. The zero-order valence-electron chi connectivity index (χ0n) is 20.9. The fraction of sp³-hybridized carbons (Fsp3) is 0. The molecule has 5 heteroatoms. The molecule has 2 heterocycles. The first-order valence-electron chi connectivity index (χ1n) is 12.7. The number of hydrogen-bond acceptors (Lipinski definition) is 5. The lowest BCUT2D eigenvalue weighted by Gasteiger charge is -2.09. The Morgan fingerprint density at radius 1 is 0.359 bits per heavy atom. The second kappa shape index (κ2) is 9.80. The standard InChI is InChI=1S/C34H22N4O/c1-3-10-24(11-4-1)31-36-32(25-12-5-2-6-13-25)38-33(37-31)26-20-18-23(19-21-26)27-14-9-15-28(22-27)34-35-29-16-7-8-17-30(29)39-34/h1-22H. The van der Waals surface area contributed by atoms with Crippen LogP contribution in [-0.2, 0) is 0 Å². The number of rotatable bonds is 5. The number of fused-ring (bicyclic) bond motifs is 1. The minimum absolute atomic E-state index is 0.613. The van der Waals surface area contributed by atoms with Crippen LogP contribution in [0, 0.1) is 0 Å². The van der Waals surface area contributed by atoms with Crippen molar-refractivity contribution in [2.75, 3.05) is 0 Å². The van der Waals surface area contributed by atoms with Crippen molar-refractivity contribution >= 4 is 11.1 Å². The van der Waals surface area contributed by atoms with Gasteiger partial charge in [0.2, 0.25) is 5.89 Å². The lowest BCUT2D eigenvalue weighted by atomic mass is 10.0. The fourth-order valence-electron chi connectivity index (χ4n) is 4.58. The minimum atomic E-state index is 0.613. The maximum atomic E-state index is 5.98. The van der Waals surface area contributed by atoms with Crippen LogP contribution in [0.5, 0.6) is 0 Å². The van der Waals surface area contributed by atoms with Gasteiger partial charge in [-0.1, -0.05) is 109 Å². The molecule has 0 spiro atoms. The maximum Gasteiger partial charge on any atom is 0.227 e. The number of aromatic nitrogens is 4. The van der Waals surface area contributed by atoms with E-state index in [0.717, 1.165) is 44.5 Å². The van der Waals surface area contributed by atoms with Gasteiger partial charge < -0.3 is 4.42 Å². The summed E-state index contributed by atoms with van der Waals surface area (Å²) >= 11 is 0. The molecule has 0 aliphatic carbocycles. The van der Waals surface area contributed by atoms with Gasteiger partial charge in [-0.25, -0.2) is 19.9 Å². The van der Waals surface area contributed by atoms with Gasteiger partial charge in [0.1, 0.15) is 5.52 Å². The van der Waals surface area contributed by atoms with Gasteiger partial charge in [0, 0.05) is 22.3 Å². The first-order chi connectivity index (χ1) is 19.3. The lowest BCUT2D eigenvalue weighted by Crippen LogP contribution is -2.00. The number of para-hydroxylation sites is 2. The number of nitrogens with zero attached hydrogens (tertiary/aromatic N) is 4. The van der Waals surface area contributed by atoms with Crippen LogP contribution in [0.3, 0.4) is 0 Å². The van der Waals surface area contributed by atoms with Gasteiger partial charge in [-0.2, -0.15) is 0 Å². The third-order valence-corrected chi connectivity index (χ3v) is 6.58. The van der Waals surface area contributed by atoms with Gasteiger partial charge in [0.15, 0.2) is 23.1 Å². The Morgan fingerprint density at radius 2 is 0.846 bits per heavy atom. The average Bonchev–Trinajstić information content (AvgIpc) is 3.47. The van der Waals surface area contributed by atoms with Crippen LogP contribution in [0.2, 0.25) is 0 Å². The molecule has 0 radical (unpaired) electrons. The summed E-state index contributed by atoms with van der Waals surface area (Å²) in [5.74, 6) is 2.54. The van der Waals surface area contributed by atoms with Crippen LogP contribution >= 0.6 is 0 Å². The molecule has 0 atom stereocenters. The predicted molar refractivity (Wildman–Crippen MR) is 155 cm³/mol. The van der Waals surface area contributed by atoms with Gasteiger partial charge in [-0.05, 0) is 35.4 Å². The molecular weight excluding hydrogens is 480 g/mol. The summed E-state index contributed by atoms with van der Waals surface area (Å²) in [6.07, 6.45) is 0. The van der Waals surface area contributed by atoms with Crippen LogP contribution in [-0.4, -0.2) is 19.9 Å². The van der Waals surface area contributed by atoms with E-state index in [0.29, 0.717) is 23.4 Å². The second-order valence-corrected chi connectivity index (χ2v) is 9.18. The van der Waals surface area contributed by atoms with Gasteiger partial charge in [-0.3, -0.25) is 0 Å². The molecule has 0 bridgehead atoms. The summed E-state index contributed by atoms with van der Waals surface area (Å²) in [5.41, 5.74) is 7.55. The van der Waals surface area contributed by atoms with Crippen LogP contribution in [0.15, 0.2) is 138 Å². The molecule has 0 N–H and O–H groups in total. The zero-order chi connectivity index (χ0) is 26.0. The van der Waals surface area contributed by atoms with E-state index in [2.05, 4.69) is 41.4 Å². The third-order valence-electron chi connectivity index (χ3n) is 6.58. The number of hydrogen-bond donors (Lipinski definition) is 0. The largest absolute Gasteiger partial charge is 0.436 e. The fourth-order valence-corrected chi connectivity index (χ4v) is 4.58. The monoisotopic (exact) mass is 502 g/mol. The minimum Gasteiger partial charge on any atom is -0.436 e. The number of oxazole rings is 1. The first kappa shape index (κ1) is 22.8. The van der Waals surface area contributed by atoms with Crippen LogP contribution in [0.1, 0.15) is 0 Å². The molecule has 0 aliphatic heterocycles. The quantitative estimate of drug-likeness (QED) is 0.237. The molecule has 7 aromatic rings. The highest BCUT2D eigenvalue weighted by molar-refractivity contribution is 5.78. The van der Waals surface area contributed by atoms with E-state index in [9.17, 15) is 0 Å². The molecule has 5 aromatic carbocycles. The van der Waals surface area contributed by atoms with Crippen molar-refractivity contribution in [2.45, 2.75) is 0 Å². The Balaban J connectivity index is 1.25. The van der Waals surface area contributed by atoms with Crippen LogP contribution < -0.4 is 0 Å². The Morgan fingerprint density at radius 3 is 1.46 bits per heavy atom. The van der Waals surface area contributed by atoms with Crippen molar-refractivity contribution in [2.24, 2.45) is 0 Å². The zero-order valence-corrected chi connectivity index (χ0v) is 20.9. The molecule has 0 amide bonds. The van der Waals surface area contributed by atoms with E-state index < -0.39 is 0 Å². The smallest absolute Gasteiger partial charge is 0.227 e. The van der Waals surface area contributed by atoms with Crippen molar-refractivity contribution < 1.29 is 4.42 Å². The van der Waals surface area contributed by atoms with E-state index in [-0.39, 0.29) is 0 Å². The molecular formula is C34H22N4O. The van der Waals surface area contributed by atoms with Crippen molar-refractivity contribution in [3.63, 3.8) is 0 Å². The van der Waals surface area contributed by atoms with E-state index in [1.165, 1.54) is 0 Å². The molecule has 2 aromatic heterocycles. The van der Waals surface area contributed by atoms with Gasteiger partial charge in [0.25, 0.3) is 0 Å². The van der Waals surface area contributed by atoms with E-state index in [1.807, 2.05) is 97.1 Å². The van der Waals surface area contributed by atoms with Gasteiger partial charge >= 0.3 is 0 Å². The molecule has 7 rings (SSSR count). The normalized spacial score (nSPS) is 11.1. The topological polar surface area (TPSA) is 64.7 Å². The van der Waals surface area contributed by atoms with Gasteiger partial charge in [-0.15, -0.1) is 0 Å². The molecule has 0 aliphatic rings. The Kier molecular flexibility index (Phi) is 5.72. The lowest BCUT2D eigenvalue weighted by molar-refractivity contribution is 0.620. The molecule has 5 nitrogen and oxygen atoms in total. The summed E-state index contributed by atoms with van der Waals surface area (Å²) in [7, 11) is 0. The van der Waals surface area contributed by atoms with Gasteiger partial charge in [0.05, 0.1) is 0 Å². The maximum absolute atomic E-state index is 5.98. The molecule has 0 saturated heterocycles. The Labute approximate surface area is 225 Å². The molecule has 184 valence electrons. The summed E-state index contributed by atoms with van der Waals surface area (Å²) in [6, 6.07) is 44.3. The third kappa shape index (κ3) is 4.58. The van der Waals surface area contributed by atoms with Crippen molar-refractivity contribution in [1.82, 2.24) is 19.9 Å². The van der Waals surface area contributed by atoms with E-state index in [4.69, 9.17) is 19.4 Å². The molecule has 0 fully saturated rings. The molecule has 39 heavy (non-hydrogen) atoms. The predicted octanol–water partition coefficient (Wildman–Crippen LogP) is 8.35. The molecule has 0 unspecified atom stereocenters. The van der Waals surface area contributed by atoms with Crippen LogP contribution in [0.25, 0.3) is 67.8 Å². The summed E-state index contributed by atoms with van der Waals surface area (Å²) < 4.78 is 5.98. The first-order valence-corrected chi connectivity index (χ1v) is 12.7. The van der Waals surface area contributed by atoms with E-state index in [1.54, 1.807) is 0 Å². The van der Waals surface area contributed by atoms with Crippen LogP contribution in [0.4, 0.5) is 0 Å².